The fourth-order valence-electron chi connectivity index (χ4n) is 2.15. The monoisotopic (exact) mass is 280 g/mol. The first kappa shape index (κ1) is 13.2. The van der Waals surface area contributed by atoms with Crippen LogP contribution >= 0.6 is 0 Å². The van der Waals surface area contributed by atoms with Gasteiger partial charge in [0.05, 0.1) is 12.6 Å². The fourth-order valence-corrected chi connectivity index (χ4v) is 2.15. The Bertz CT molecular complexity index is 754. The Kier molecular flexibility index (Phi) is 3.60. The van der Waals surface area contributed by atoms with Gasteiger partial charge >= 0.3 is 0 Å². The summed E-state index contributed by atoms with van der Waals surface area (Å²) in [6, 6.07) is 16.9. The lowest BCUT2D eigenvalue weighted by molar-refractivity contribution is 0.414. The van der Waals surface area contributed by atoms with Crippen LogP contribution in [-0.2, 0) is 6.54 Å². The highest BCUT2D eigenvalue weighted by Gasteiger charge is 2.00. The van der Waals surface area contributed by atoms with Gasteiger partial charge in [0.2, 0.25) is 0 Å². The number of hydrogen-bond donors (Lipinski definition) is 2. The number of aromatic hydroxyl groups is 1. The van der Waals surface area contributed by atoms with E-state index in [1.54, 1.807) is 19.2 Å². The number of nitrogens with one attached hydrogen (secondary N) is 1. The van der Waals surface area contributed by atoms with Crippen LogP contribution in [0.2, 0.25) is 0 Å². The molecule has 3 aromatic rings. The third-order valence-electron chi connectivity index (χ3n) is 3.31. The highest BCUT2D eigenvalue weighted by molar-refractivity contribution is 5.81. The van der Waals surface area contributed by atoms with Gasteiger partial charge in [-0.2, -0.15) is 0 Å². The quantitative estimate of drug-likeness (QED) is 0.767. The first-order valence-corrected chi connectivity index (χ1v) is 6.71. The van der Waals surface area contributed by atoms with E-state index >= 15 is 0 Å². The molecule has 0 aliphatic rings. The molecule has 0 saturated heterocycles. The third kappa shape index (κ3) is 3.05. The minimum absolute atomic E-state index is 0.253. The van der Waals surface area contributed by atoms with Crippen molar-refractivity contribution in [2.45, 2.75) is 6.54 Å². The number of pyridine rings is 1. The molecule has 0 saturated carbocycles. The van der Waals surface area contributed by atoms with E-state index in [4.69, 9.17) is 4.74 Å². The average Bonchev–Trinajstić information content (AvgIpc) is 2.53. The molecule has 0 aliphatic heterocycles. The normalized spacial score (nSPS) is 10.5. The van der Waals surface area contributed by atoms with Crippen molar-refractivity contribution < 1.29 is 9.84 Å². The summed E-state index contributed by atoms with van der Waals surface area (Å²) < 4.78 is 5.14. The zero-order chi connectivity index (χ0) is 14.7. The molecule has 0 bridgehead atoms. The van der Waals surface area contributed by atoms with Crippen molar-refractivity contribution >= 4 is 16.7 Å². The molecule has 0 atom stereocenters. The van der Waals surface area contributed by atoms with Crippen molar-refractivity contribution in [3.63, 3.8) is 0 Å². The number of anilines is 1. The van der Waals surface area contributed by atoms with E-state index in [1.165, 1.54) is 0 Å². The van der Waals surface area contributed by atoms with Gasteiger partial charge in [0, 0.05) is 11.9 Å². The zero-order valence-electron chi connectivity index (χ0n) is 11.7. The Balaban J connectivity index is 1.73. The minimum Gasteiger partial charge on any atom is -0.508 e. The Labute approximate surface area is 123 Å². The second-order valence-corrected chi connectivity index (χ2v) is 4.78. The van der Waals surface area contributed by atoms with E-state index in [0.29, 0.717) is 6.54 Å². The summed E-state index contributed by atoms with van der Waals surface area (Å²) in [4.78, 5) is 4.52. The van der Waals surface area contributed by atoms with Crippen LogP contribution in [0.4, 0.5) is 5.82 Å². The zero-order valence-corrected chi connectivity index (χ0v) is 11.7. The lowest BCUT2D eigenvalue weighted by atomic mass is 10.2. The maximum absolute atomic E-state index is 9.44. The van der Waals surface area contributed by atoms with E-state index in [-0.39, 0.29) is 5.75 Å². The molecule has 0 amide bonds. The van der Waals surface area contributed by atoms with Crippen molar-refractivity contribution in [2.24, 2.45) is 0 Å². The number of ether oxygens (including phenoxy) is 1. The number of methoxy groups -OCH3 is 1. The molecule has 21 heavy (non-hydrogen) atoms. The standard InChI is InChI=1S/C17H16N2O2/c1-21-15-6-2-12(3-7-15)11-18-17-9-4-13-10-14(20)5-8-16(13)19-17/h2-10,20H,11H2,1H3,(H,18,19). The Morgan fingerprint density at radius 2 is 1.86 bits per heavy atom. The maximum Gasteiger partial charge on any atom is 0.126 e. The van der Waals surface area contributed by atoms with Crippen LogP contribution in [0, 0.1) is 0 Å². The van der Waals surface area contributed by atoms with Crippen LogP contribution in [0.3, 0.4) is 0 Å². The molecule has 1 heterocycles. The Morgan fingerprint density at radius 1 is 1.05 bits per heavy atom. The van der Waals surface area contributed by atoms with Gasteiger partial charge in [0.15, 0.2) is 0 Å². The number of rotatable bonds is 4. The molecule has 0 fully saturated rings. The maximum atomic E-state index is 9.44. The molecule has 2 N–H and O–H groups in total. The van der Waals surface area contributed by atoms with Gasteiger partial charge in [-0.15, -0.1) is 0 Å². The molecule has 0 spiro atoms. The largest absolute Gasteiger partial charge is 0.508 e. The first-order valence-electron chi connectivity index (χ1n) is 6.71. The van der Waals surface area contributed by atoms with E-state index in [1.807, 2.05) is 42.5 Å². The van der Waals surface area contributed by atoms with Crippen LogP contribution in [0.5, 0.6) is 11.5 Å². The van der Waals surface area contributed by atoms with Crippen molar-refractivity contribution in [3.05, 3.63) is 60.2 Å². The molecule has 3 rings (SSSR count). The van der Waals surface area contributed by atoms with Gasteiger partial charge in [-0.25, -0.2) is 4.98 Å². The van der Waals surface area contributed by atoms with E-state index in [2.05, 4.69) is 10.3 Å². The lowest BCUT2D eigenvalue weighted by Crippen LogP contribution is -2.01. The summed E-state index contributed by atoms with van der Waals surface area (Å²) in [5.74, 6) is 1.91. The summed E-state index contributed by atoms with van der Waals surface area (Å²) in [7, 11) is 1.66. The number of phenols is 1. The number of benzene rings is 2. The third-order valence-corrected chi connectivity index (χ3v) is 3.31. The molecule has 1 aromatic heterocycles. The molecular weight excluding hydrogens is 264 g/mol. The van der Waals surface area contributed by atoms with Crippen molar-refractivity contribution in [3.8, 4) is 11.5 Å². The number of hydrogen-bond acceptors (Lipinski definition) is 4. The number of phenolic OH excluding ortho intramolecular Hbond substituents is 1. The minimum atomic E-state index is 0.253. The molecule has 4 nitrogen and oxygen atoms in total. The topological polar surface area (TPSA) is 54.4 Å². The van der Waals surface area contributed by atoms with Crippen LogP contribution in [0.1, 0.15) is 5.56 Å². The van der Waals surface area contributed by atoms with Gasteiger partial charge in [0.1, 0.15) is 17.3 Å². The van der Waals surface area contributed by atoms with Crippen molar-refractivity contribution in [1.29, 1.82) is 0 Å². The smallest absolute Gasteiger partial charge is 0.126 e. The van der Waals surface area contributed by atoms with Gasteiger partial charge in [0.25, 0.3) is 0 Å². The van der Waals surface area contributed by atoms with Crippen molar-refractivity contribution in [1.82, 2.24) is 4.98 Å². The molecule has 106 valence electrons. The van der Waals surface area contributed by atoms with Crippen LogP contribution in [-0.4, -0.2) is 17.2 Å². The summed E-state index contributed by atoms with van der Waals surface area (Å²) in [5.41, 5.74) is 2.01. The number of aromatic nitrogens is 1. The highest BCUT2D eigenvalue weighted by Crippen LogP contribution is 2.20. The SMILES string of the molecule is COc1ccc(CNc2ccc3cc(O)ccc3n2)cc1. The molecule has 0 unspecified atom stereocenters. The van der Waals surface area contributed by atoms with Gasteiger partial charge in [-0.05, 0) is 48.0 Å². The molecule has 0 radical (unpaired) electrons. The number of fused-ring (bicyclic) bond motifs is 1. The molecule has 2 aromatic carbocycles. The predicted octanol–water partition coefficient (Wildman–Crippen LogP) is 3.56. The fraction of sp³-hybridized carbons (Fsp3) is 0.118. The second kappa shape index (κ2) is 5.71. The summed E-state index contributed by atoms with van der Waals surface area (Å²) in [6.45, 7) is 0.695. The lowest BCUT2D eigenvalue weighted by Gasteiger charge is -2.08. The summed E-state index contributed by atoms with van der Waals surface area (Å²) >= 11 is 0. The first-order chi connectivity index (χ1) is 10.2. The van der Waals surface area contributed by atoms with Gasteiger partial charge in [-0.3, -0.25) is 0 Å². The summed E-state index contributed by atoms with van der Waals surface area (Å²) in [5, 5.41) is 13.7. The van der Waals surface area contributed by atoms with Crippen LogP contribution in [0.15, 0.2) is 54.6 Å². The van der Waals surface area contributed by atoms with E-state index in [9.17, 15) is 5.11 Å². The van der Waals surface area contributed by atoms with E-state index in [0.717, 1.165) is 28.0 Å². The highest BCUT2D eigenvalue weighted by atomic mass is 16.5. The van der Waals surface area contributed by atoms with Gasteiger partial charge in [-0.1, -0.05) is 12.1 Å². The average molecular weight is 280 g/mol. The second-order valence-electron chi connectivity index (χ2n) is 4.78. The Hall–Kier alpha value is -2.75. The summed E-state index contributed by atoms with van der Waals surface area (Å²) in [6.07, 6.45) is 0. The Morgan fingerprint density at radius 3 is 2.62 bits per heavy atom. The van der Waals surface area contributed by atoms with Crippen LogP contribution < -0.4 is 10.1 Å². The van der Waals surface area contributed by atoms with Crippen molar-refractivity contribution in [2.75, 3.05) is 12.4 Å². The van der Waals surface area contributed by atoms with E-state index < -0.39 is 0 Å². The number of nitrogens with zero attached hydrogens (tertiary/aromatic N) is 1. The van der Waals surface area contributed by atoms with Crippen LogP contribution in [0.25, 0.3) is 10.9 Å². The predicted molar refractivity (Wildman–Crippen MR) is 83.7 cm³/mol. The molecule has 0 aliphatic carbocycles. The molecular formula is C17H16N2O2. The van der Waals surface area contributed by atoms with Gasteiger partial charge < -0.3 is 15.2 Å². The molecule has 4 heteroatoms.